The van der Waals surface area contributed by atoms with Gasteiger partial charge in [0.25, 0.3) is 5.91 Å². The maximum absolute atomic E-state index is 13.0. The van der Waals surface area contributed by atoms with Gasteiger partial charge in [-0.15, -0.1) is 10.2 Å². The number of pyridine rings is 1. The lowest BCUT2D eigenvalue weighted by Crippen LogP contribution is -2.13. The van der Waals surface area contributed by atoms with Crippen LogP contribution in [0.5, 0.6) is 0 Å². The molecule has 1 amide bonds. The van der Waals surface area contributed by atoms with Crippen LogP contribution >= 0.6 is 11.3 Å². The van der Waals surface area contributed by atoms with Gasteiger partial charge in [0.2, 0.25) is 5.13 Å². The zero-order valence-electron chi connectivity index (χ0n) is 16.1. The minimum Gasteiger partial charge on any atom is -0.296 e. The fourth-order valence-electron chi connectivity index (χ4n) is 3.09. The highest BCUT2D eigenvalue weighted by Crippen LogP contribution is 2.40. The number of nitrogens with one attached hydrogen (secondary N) is 1. The molecule has 1 aliphatic rings. The molecular formula is C19H24N6OS. The first-order chi connectivity index (χ1) is 12.9. The van der Waals surface area contributed by atoms with Gasteiger partial charge in [-0.3, -0.25) is 10.1 Å². The van der Waals surface area contributed by atoms with E-state index >= 15 is 0 Å². The van der Waals surface area contributed by atoms with Gasteiger partial charge in [0, 0.05) is 24.1 Å². The zero-order valence-corrected chi connectivity index (χ0v) is 16.9. The third kappa shape index (κ3) is 3.71. The SMILES string of the molecule is CC(C)Cc1nnc(NC(=O)c2cc(C3CC3)nc3c2cnn3C(C)C)s1. The first-order valence-corrected chi connectivity index (χ1v) is 10.3. The van der Waals surface area contributed by atoms with E-state index in [0.717, 1.165) is 41.0 Å². The third-order valence-electron chi connectivity index (χ3n) is 4.59. The lowest BCUT2D eigenvalue weighted by molar-refractivity contribution is 0.102. The van der Waals surface area contributed by atoms with Gasteiger partial charge in [-0.05, 0) is 38.7 Å². The fraction of sp³-hybridized carbons (Fsp3) is 0.526. The van der Waals surface area contributed by atoms with Crippen molar-refractivity contribution in [2.45, 2.75) is 58.9 Å². The molecule has 0 saturated heterocycles. The number of anilines is 1. The molecule has 0 aliphatic heterocycles. The Balaban J connectivity index is 1.67. The van der Waals surface area contributed by atoms with Crippen LogP contribution in [0, 0.1) is 5.92 Å². The van der Waals surface area contributed by atoms with E-state index in [2.05, 4.69) is 48.3 Å². The first-order valence-electron chi connectivity index (χ1n) is 9.44. The molecule has 0 aromatic carbocycles. The molecule has 8 heteroatoms. The van der Waals surface area contributed by atoms with Crippen LogP contribution in [0.2, 0.25) is 0 Å². The van der Waals surface area contributed by atoms with Crippen molar-refractivity contribution >= 4 is 33.4 Å². The van der Waals surface area contributed by atoms with Gasteiger partial charge in [0.05, 0.1) is 17.1 Å². The third-order valence-corrected chi connectivity index (χ3v) is 5.45. The van der Waals surface area contributed by atoms with Crippen molar-refractivity contribution in [2.75, 3.05) is 5.32 Å². The number of fused-ring (bicyclic) bond motifs is 1. The number of carbonyl (C=O) groups excluding carboxylic acids is 1. The maximum atomic E-state index is 13.0. The van der Waals surface area contributed by atoms with Crippen molar-refractivity contribution in [3.63, 3.8) is 0 Å². The molecule has 142 valence electrons. The van der Waals surface area contributed by atoms with E-state index in [9.17, 15) is 4.79 Å². The Morgan fingerprint density at radius 3 is 2.74 bits per heavy atom. The zero-order chi connectivity index (χ0) is 19.1. The molecule has 3 aromatic heterocycles. The number of nitrogens with zero attached hydrogens (tertiary/aromatic N) is 5. The summed E-state index contributed by atoms with van der Waals surface area (Å²) in [6.07, 6.45) is 4.85. The second kappa shape index (κ2) is 6.99. The molecule has 0 radical (unpaired) electrons. The number of hydrogen-bond donors (Lipinski definition) is 1. The van der Waals surface area contributed by atoms with Crippen molar-refractivity contribution in [3.05, 3.63) is 28.5 Å². The maximum Gasteiger partial charge on any atom is 0.258 e. The quantitative estimate of drug-likeness (QED) is 0.689. The molecule has 1 fully saturated rings. The Morgan fingerprint density at radius 1 is 1.30 bits per heavy atom. The van der Waals surface area contributed by atoms with E-state index in [1.807, 2.05) is 10.7 Å². The summed E-state index contributed by atoms with van der Waals surface area (Å²) in [5, 5.41) is 17.9. The van der Waals surface area contributed by atoms with Crippen LogP contribution in [-0.4, -0.2) is 30.9 Å². The molecule has 1 aliphatic carbocycles. The Bertz CT molecular complexity index is 985. The topological polar surface area (TPSA) is 85.6 Å². The lowest BCUT2D eigenvalue weighted by atomic mass is 10.1. The molecule has 7 nitrogen and oxygen atoms in total. The van der Waals surface area contributed by atoms with Crippen molar-refractivity contribution in [3.8, 4) is 0 Å². The van der Waals surface area contributed by atoms with Crippen LogP contribution in [0.4, 0.5) is 5.13 Å². The fourth-order valence-corrected chi connectivity index (χ4v) is 4.04. The van der Waals surface area contributed by atoms with Gasteiger partial charge >= 0.3 is 0 Å². The number of carbonyl (C=O) groups is 1. The molecule has 1 saturated carbocycles. The van der Waals surface area contributed by atoms with Gasteiger partial charge in [-0.25, -0.2) is 9.67 Å². The molecule has 0 unspecified atom stereocenters. The van der Waals surface area contributed by atoms with Crippen LogP contribution in [0.1, 0.15) is 73.6 Å². The highest BCUT2D eigenvalue weighted by atomic mass is 32.1. The molecule has 0 bridgehead atoms. The van der Waals surface area contributed by atoms with E-state index < -0.39 is 0 Å². The summed E-state index contributed by atoms with van der Waals surface area (Å²) in [7, 11) is 0. The van der Waals surface area contributed by atoms with Gasteiger partial charge in [-0.2, -0.15) is 5.10 Å². The van der Waals surface area contributed by atoms with E-state index in [1.54, 1.807) is 6.20 Å². The summed E-state index contributed by atoms with van der Waals surface area (Å²) >= 11 is 1.43. The standard InChI is InChI=1S/C19H24N6OS/c1-10(2)7-16-23-24-19(27-16)22-18(26)13-8-15(12-5-6-12)21-17-14(13)9-20-25(17)11(3)4/h8-12H,5-7H2,1-4H3,(H,22,24,26). The number of aromatic nitrogens is 5. The van der Waals surface area contributed by atoms with Gasteiger partial charge < -0.3 is 0 Å². The smallest absolute Gasteiger partial charge is 0.258 e. The number of amides is 1. The summed E-state index contributed by atoms with van der Waals surface area (Å²) in [6, 6.07) is 2.10. The molecular weight excluding hydrogens is 360 g/mol. The summed E-state index contributed by atoms with van der Waals surface area (Å²) in [5.41, 5.74) is 2.36. The van der Waals surface area contributed by atoms with E-state index in [4.69, 9.17) is 4.98 Å². The Labute approximate surface area is 162 Å². The van der Waals surface area contributed by atoms with Crippen LogP contribution in [-0.2, 0) is 6.42 Å². The summed E-state index contributed by atoms with van der Waals surface area (Å²) in [5.74, 6) is 0.778. The van der Waals surface area contributed by atoms with Crippen LogP contribution < -0.4 is 5.32 Å². The Morgan fingerprint density at radius 2 is 2.07 bits per heavy atom. The molecule has 4 rings (SSSR count). The number of rotatable bonds is 6. The van der Waals surface area contributed by atoms with Crippen molar-refractivity contribution < 1.29 is 4.79 Å². The van der Waals surface area contributed by atoms with Crippen LogP contribution in [0.25, 0.3) is 11.0 Å². The molecule has 0 spiro atoms. The van der Waals surface area contributed by atoms with Crippen molar-refractivity contribution in [1.82, 2.24) is 25.0 Å². The molecule has 3 heterocycles. The summed E-state index contributed by atoms with van der Waals surface area (Å²) in [4.78, 5) is 17.8. The summed E-state index contributed by atoms with van der Waals surface area (Å²) < 4.78 is 1.88. The second-order valence-electron chi connectivity index (χ2n) is 7.84. The predicted octanol–water partition coefficient (Wildman–Crippen LogP) is 4.19. The van der Waals surface area contributed by atoms with E-state index in [-0.39, 0.29) is 11.9 Å². The van der Waals surface area contributed by atoms with Gasteiger partial charge in [0.15, 0.2) is 5.65 Å². The minimum atomic E-state index is -0.181. The molecule has 1 N–H and O–H groups in total. The minimum absolute atomic E-state index is 0.181. The van der Waals surface area contributed by atoms with Crippen LogP contribution in [0.3, 0.4) is 0 Å². The first kappa shape index (κ1) is 18.0. The monoisotopic (exact) mass is 384 g/mol. The normalized spacial score (nSPS) is 14.4. The Hall–Kier alpha value is -2.35. The molecule has 27 heavy (non-hydrogen) atoms. The van der Waals surface area contributed by atoms with Crippen molar-refractivity contribution in [1.29, 1.82) is 0 Å². The van der Waals surface area contributed by atoms with E-state index in [1.165, 1.54) is 11.3 Å². The van der Waals surface area contributed by atoms with E-state index in [0.29, 0.717) is 22.5 Å². The summed E-state index contributed by atoms with van der Waals surface area (Å²) in [6.45, 7) is 8.41. The Kier molecular flexibility index (Phi) is 4.67. The lowest BCUT2D eigenvalue weighted by Gasteiger charge is -2.10. The molecule has 3 aromatic rings. The van der Waals surface area contributed by atoms with Gasteiger partial charge in [0.1, 0.15) is 5.01 Å². The van der Waals surface area contributed by atoms with Crippen molar-refractivity contribution in [2.24, 2.45) is 5.92 Å². The average molecular weight is 385 g/mol. The number of hydrogen-bond acceptors (Lipinski definition) is 6. The average Bonchev–Trinajstić information content (AvgIpc) is 3.23. The highest BCUT2D eigenvalue weighted by Gasteiger charge is 2.28. The molecule has 0 atom stereocenters. The predicted molar refractivity (Wildman–Crippen MR) is 106 cm³/mol. The largest absolute Gasteiger partial charge is 0.296 e. The van der Waals surface area contributed by atoms with Gasteiger partial charge in [-0.1, -0.05) is 25.2 Å². The second-order valence-corrected chi connectivity index (χ2v) is 8.90. The van der Waals surface area contributed by atoms with Crippen LogP contribution in [0.15, 0.2) is 12.3 Å². The highest BCUT2D eigenvalue weighted by molar-refractivity contribution is 7.15.